The smallest absolute Gasteiger partial charge is 0.155 e. The van der Waals surface area contributed by atoms with Crippen molar-refractivity contribution in [3.8, 4) is 22.5 Å². The van der Waals surface area contributed by atoms with Crippen molar-refractivity contribution >= 4 is 27.8 Å². The van der Waals surface area contributed by atoms with Gasteiger partial charge in [-0.05, 0) is 62.2 Å². The molecule has 1 saturated carbocycles. The zero-order valence-corrected chi connectivity index (χ0v) is 22.5. The van der Waals surface area contributed by atoms with Crippen LogP contribution in [0.25, 0.3) is 44.6 Å². The lowest BCUT2D eigenvalue weighted by Gasteiger charge is -2.34. The number of fused-ring (bicyclic) bond motifs is 2. The Hall–Kier alpha value is -3.82. The highest BCUT2D eigenvalue weighted by molar-refractivity contribution is 5.98. The summed E-state index contributed by atoms with van der Waals surface area (Å²) in [6, 6.07) is 8.67. The molecule has 6 heterocycles. The molecule has 7 rings (SSSR count). The summed E-state index contributed by atoms with van der Waals surface area (Å²) >= 11 is 0. The first-order valence-electron chi connectivity index (χ1n) is 14.1. The van der Waals surface area contributed by atoms with E-state index in [0.717, 1.165) is 89.8 Å². The molecule has 0 bridgehead atoms. The summed E-state index contributed by atoms with van der Waals surface area (Å²) in [6.07, 6.45) is 13.1. The second-order valence-corrected chi connectivity index (χ2v) is 11.1. The van der Waals surface area contributed by atoms with E-state index < -0.39 is 0 Å². The van der Waals surface area contributed by atoms with Crippen LogP contribution in [-0.4, -0.2) is 74.8 Å². The Morgan fingerprint density at radius 2 is 1.77 bits per heavy atom. The van der Waals surface area contributed by atoms with E-state index in [1.54, 1.807) is 0 Å². The number of pyridine rings is 3. The number of H-pyrrole nitrogens is 2. The summed E-state index contributed by atoms with van der Waals surface area (Å²) in [5, 5.41) is 13.5. The normalized spacial score (nSPS) is 17.1. The van der Waals surface area contributed by atoms with Crippen LogP contribution in [0.5, 0.6) is 0 Å². The number of nitrogens with one attached hydrogen (secondary N) is 3. The average Bonchev–Trinajstić information content (AvgIpc) is 3.73. The minimum Gasteiger partial charge on any atom is -0.368 e. The number of nitrogens with zero attached hydrogens (tertiary/aromatic N) is 6. The van der Waals surface area contributed by atoms with Crippen LogP contribution >= 0.6 is 0 Å². The van der Waals surface area contributed by atoms with Crippen molar-refractivity contribution < 1.29 is 0 Å². The third-order valence-corrected chi connectivity index (χ3v) is 8.39. The highest BCUT2D eigenvalue weighted by Gasteiger charge is 2.20. The molecule has 0 atom stereocenters. The molecule has 0 unspecified atom stereocenters. The second-order valence-electron chi connectivity index (χ2n) is 11.1. The number of likely N-dealkylation sites (N-methyl/N-ethyl adjacent to an activating group) is 1. The van der Waals surface area contributed by atoms with Gasteiger partial charge in [0.25, 0.3) is 0 Å². The minimum atomic E-state index is 0.766. The summed E-state index contributed by atoms with van der Waals surface area (Å²) < 4.78 is 0. The van der Waals surface area contributed by atoms with Gasteiger partial charge in [-0.1, -0.05) is 12.8 Å². The molecule has 9 nitrogen and oxygen atoms in total. The van der Waals surface area contributed by atoms with Crippen molar-refractivity contribution in [3.63, 3.8) is 0 Å². The fourth-order valence-corrected chi connectivity index (χ4v) is 6.11. The lowest BCUT2D eigenvalue weighted by molar-refractivity contribution is 0.313. The summed E-state index contributed by atoms with van der Waals surface area (Å²) in [6.45, 7) is 6.07. The first-order valence-corrected chi connectivity index (χ1v) is 14.1. The molecule has 0 radical (unpaired) electrons. The first-order chi connectivity index (χ1) is 19.2. The number of hydrogen-bond acceptors (Lipinski definition) is 7. The standard InChI is InChI=1S/C30H35N9/c1-38-8-10-39(11-9-38)27-6-7-33-29-24(27)14-26(35-29)28-25-13-23(19-34-30(25)37-36-28)22-12-21(17-32-18-22)16-31-15-20-4-2-3-5-20/h6-7,12-14,17-20,31H,2-5,8-11,15-16H2,1H3,(H,33,35)(H,34,36,37). The molecule has 1 aliphatic carbocycles. The van der Waals surface area contributed by atoms with E-state index in [9.17, 15) is 0 Å². The molecule has 9 heteroatoms. The lowest BCUT2D eigenvalue weighted by atomic mass is 10.1. The van der Waals surface area contributed by atoms with Crippen LogP contribution in [0.4, 0.5) is 5.69 Å². The van der Waals surface area contributed by atoms with E-state index in [0.29, 0.717) is 0 Å². The predicted molar refractivity (Wildman–Crippen MR) is 156 cm³/mol. The predicted octanol–water partition coefficient (Wildman–Crippen LogP) is 4.59. The number of aromatic nitrogens is 6. The van der Waals surface area contributed by atoms with E-state index in [2.05, 4.69) is 71.6 Å². The van der Waals surface area contributed by atoms with Gasteiger partial charge in [-0.25, -0.2) is 9.97 Å². The topological polar surface area (TPSA) is 102 Å². The molecule has 2 fully saturated rings. The molecule has 1 saturated heterocycles. The molecule has 0 amide bonds. The summed E-state index contributed by atoms with van der Waals surface area (Å²) in [5.74, 6) is 0.824. The molecule has 5 aromatic rings. The van der Waals surface area contributed by atoms with Crippen molar-refractivity contribution in [1.82, 2.24) is 40.3 Å². The fourth-order valence-electron chi connectivity index (χ4n) is 6.11. The van der Waals surface area contributed by atoms with Gasteiger partial charge in [0.2, 0.25) is 0 Å². The van der Waals surface area contributed by atoms with Gasteiger partial charge in [0.1, 0.15) is 11.3 Å². The number of aromatic amines is 2. The molecule has 1 aliphatic heterocycles. The Morgan fingerprint density at radius 3 is 2.64 bits per heavy atom. The van der Waals surface area contributed by atoms with Crippen LogP contribution in [0, 0.1) is 5.92 Å². The molecule has 0 spiro atoms. The maximum Gasteiger partial charge on any atom is 0.155 e. The van der Waals surface area contributed by atoms with Crippen LogP contribution in [0.3, 0.4) is 0 Å². The molecule has 200 valence electrons. The maximum absolute atomic E-state index is 4.70. The SMILES string of the molecule is CN1CCN(c2ccnc3[nH]c(-c4n[nH]c5ncc(-c6cncc(CNCC7CCCC7)c6)cc45)cc23)CC1. The Kier molecular flexibility index (Phi) is 6.46. The van der Waals surface area contributed by atoms with Crippen LogP contribution < -0.4 is 10.2 Å². The Labute approximate surface area is 228 Å². The molecule has 3 N–H and O–H groups in total. The van der Waals surface area contributed by atoms with Crippen molar-refractivity contribution in [3.05, 3.63) is 54.6 Å². The van der Waals surface area contributed by atoms with Crippen LogP contribution in [0.2, 0.25) is 0 Å². The number of anilines is 1. The zero-order chi connectivity index (χ0) is 26.2. The second kappa shape index (κ2) is 10.4. The maximum atomic E-state index is 4.70. The van der Waals surface area contributed by atoms with Crippen molar-refractivity contribution in [2.45, 2.75) is 32.2 Å². The van der Waals surface area contributed by atoms with Crippen LogP contribution in [0.15, 0.2) is 49.1 Å². The van der Waals surface area contributed by atoms with Crippen molar-refractivity contribution in [2.24, 2.45) is 5.92 Å². The minimum absolute atomic E-state index is 0.766. The molecule has 5 aromatic heterocycles. The van der Waals surface area contributed by atoms with E-state index in [1.807, 2.05) is 24.8 Å². The fraction of sp³-hybridized carbons (Fsp3) is 0.400. The highest BCUT2D eigenvalue weighted by atomic mass is 15.2. The molecular weight excluding hydrogens is 486 g/mol. The summed E-state index contributed by atoms with van der Waals surface area (Å²) in [5.41, 5.74) is 7.94. The number of hydrogen-bond donors (Lipinski definition) is 3. The zero-order valence-electron chi connectivity index (χ0n) is 22.5. The molecular formula is C30H35N9. The van der Waals surface area contributed by atoms with Crippen molar-refractivity contribution in [1.29, 1.82) is 0 Å². The molecule has 39 heavy (non-hydrogen) atoms. The Bertz CT molecular complexity index is 1590. The van der Waals surface area contributed by atoms with E-state index in [1.165, 1.54) is 36.9 Å². The third kappa shape index (κ3) is 4.88. The average molecular weight is 522 g/mol. The summed E-state index contributed by atoms with van der Waals surface area (Å²) in [7, 11) is 2.18. The quantitative estimate of drug-likeness (QED) is 0.288. The molecule has 0 aromatic carbocycles. The van der Waals surface area contributed by atoms with Crippen molar-refractivity contribution in [2.75, 3.05) is 44.7 Å². The van der Waals surface area contributed by atoms with E-state index in [-0.39, 0.29) is 0 Å². The first kappa shape index (κ1) is 24.2. The van der Waals surface area contributed by atoms with Gasteiger partial charge in [-0.2, -0.15) is 5.10 Å². The van der Waals surface area contributed by atoms with Gasteiger partial charge in [-0.15, -0.1) is 0 Å². The Balaban J connectivity index is 1.17. The number of rotatable bonds is 7. The van der Waals surface area contributed by atoms with Crippen LogP contribution in [0.1, 0.15) is 31.2 Å². The summed E-state index contributed by atoms with van der Waals surface area (Å²) in [4.78, 5) is 22.2. The van der Waals surface area contributed by atoms with E-state index in [4.69, 9.17) is 4.98 Å². The monoisotopic (exact) mass is 521 g/mol. The largest absolute Gasteiger partial charge is 0.368 e. The van der Waals surface area contributed by atoms with Crippen LogP contribution in [-0.2, 0) is 6.54 Å². The van der Waals surface area contributed by atoms with Gasteiger partial charge < -0.3 is 20.1 Å². The lowest BCUT2D eigenvalue weighted by Crippen LogP contribution is -2.44. The van der Waals surface area contributed by atoms with Gasteiger partial charge in [-0.3, -0.25) is 10.1 Å². The molecule has 2 aliphatic rings. The van der Waals surface area contributed by atoms with Gasteiger partial charge in [0.15, 0.2) is 5.65 Å². The van der Waals surface area contributed by atoms with E-state index >= 15 is 0 Å². The van der Waals surface area contributed by atoms with Gasteiger partial charge >= 0.3 is 0 Å². The Morgan fingerprint density at radius 1 is 0.923 bits per heavy atom. The van der Waals surface area contributed by atoms with Gasteiger partial charge in [0, 0.05) is 85.1 Å². The number of piperazine rings is 1. The third-order valence-electron chi connectivity index (χ3n) is 8.39. The van der Waals surface area contributed by atoms with Gasteiger partial charge in [0.05, 0.1) is 5.69 Å². The highest BCUT2D eigenvalue weighted by Crippen LogP contribution is 2.34.